The molecule has 0 bridgehead atoms. The lowest BCUT2D eigenvalue weighted by Crippen LogP contribution is -2.21. The van der Waals surface area contributed by atoms with Gasteiger partial charge in [-0.15, -0.1) is 0 Å². The third kappa shape index (κ3) is 5.00. The molecule has 2 rings (SSSR count). The van der Waals surface area contributed by atoms with E-state index in [-0.39, 0.29) is 26.0 Å². The minimum atomic E-state index is -2.45. The first-order valence-corrected chi connectivity index (χ1v) is 7.66. The molecule has 0 aliphatic heterocycles. The van der Waals surface area contributed by atoms with E-state index in [1.807, 2.05) is 0 Å². The van der Waals surface area contributed by atoms with Crippen LogP contribution in [-0.2, 0) is 6.54 Å². The molecular weight excluding hydrogens is 318 g/mol. The Bertz CT molecular complexity index is 698. The highest BCUT2D eigenvalue weighted by Gasteiger charge is 2.14. The fraction of sp³-hybridized carbons (Fsp3) is 0.455. The second-order valence-electron chi connectivity index (χ2n) is 4.30. The van der Waals surface area contributed by atoms with Gasteiger partial charge in [-0.3, -0.25) is 9.78 Å². The van der Waals surface area contributed by atoms with Crippen LogP contribution in [0.3, 0.4) is 0 Å². The molecule has 9 nitrogen and oxygen atoms in total. The van der Waals surface area contributed by atoms with E-state index >= 15 is 0 Å². The molecule has 11 heteroatoms. The number of fused-ring (bicyclic) bond motifs is 1. The molecule has 2 aromatic heterocycles. The molecule has 0 aliphatic carbocycles. The number of hydrogen-bond donors (Lipinski definition) is 7. The van der Waals surface area contributed by atoms with Crippen LogP contribution >= 0.6 is 8.38 Å². The van der Waals surface area contributed by atoms with Crippen LogP contribution in [0.25, 0.3) is 11.0 Å². The van der Waals surface area contributed by atoms with Gasteiger partial charge in [0.05, 0.1) is 5.52 Å². The van der Waals surface area contributed by atoms with Crippen LogP contribution in [0.1, 0.15) is 18.4 Å². The van der Waals surface area contributed by atoms with E-state index in [2.05, 4.69) is 15.0 Å². The molecule has 2 heterocycles. The molecule has 2 aromatic rings. The lowest BCUT2D eigenvalue weighted by molar-refractivity contribution is 0.263. The number of aromatic amines is 3. The summed E-state index contributed by atoms with van der Waals surface area (Å²) in [5.41, 5.74) is 6.00. The van der Waals surface area contributed by atoms with Crippen LogP contribution < -0.4 is 17.0 Å². The van der Waals surface area contributed by atoms with Gasteiger partial charge in [0.15, 0.2) is 5.91 Å². The van der Waals surface area contributed by atoms with E-state index < -0.39 is 25.5 Å². The van der Waals surface area contributed by atoms with Gasteiger partial charge in [-0.25, -0.2) is 9.18 Å². The zero-order valence-electron chi connectivity index (χ0n) is 11.5. The van der Waals surface area contributed by atoms with Gasteiger partial charge in [-0.2, -0.15) is 0 Å². The third-order valence-electron chi connectivity index (χ3n) is 2.73. The van der Waals surface area contributed by atoms with E-state index in [1.54, 1.807) is 6.20 Å². The lowest BCUT2D eigenvalue weighted by atomic mass is 10.3. The van der Waals surface area contributed by atoms with Crippen molar-refractivity contribution in [1.29, 1.82) is 0 Å². The monoisotopic (exact) mass is 336 g/mol. The van der Waals surface area contributed by atoms with Gasteiger partial charge in [0.2, 0.25) is 8.38 Å². The van der Waals surface area contributed by atoms with E-state index in [0.29, 0.717) is 11.0 Å². The standard InChI is InChI=1S/C7H8N4O2.C4H10FO3P/c8-1-3-2-9-5-4(3)10-7(13)11-6(5)12;5-4(9(7)8)2-1-3-6/h2,9H,1,8H2,(H2,10,11,12,13);4,6-8H,1-3H2. The fourth-order valence-electron chi connectivity index (χ4n) is 1.63. The quantitative estimate of drug-likeness (QED) is 0.358. The van der Waals surface area contributed by atoms with Crippen LogP contribution in [0.2, 0.25) is 0 Å². The number of H-pyrrole nitrogens is 3. The second kappa shape index (κ2) is 8.76. The summed E-state index contributed by atoms with van der Waals surface area (Å²) in [5, 5.41) is 8.17. The summed E-state index contributed by atoms with van der Waals surface area (Å²) in [6, 6.07) is 0. The molecule has 0 aliphatic rings. The van der Waals surface area contributed by atoms with Crippen molar-refractivity contribution in [1.82, 2.24) is 15.0 Å². The van der Waals surface area contributed by atoms with Crippen molar-refractivity contribution in [2.75, 3.05) is 6.61 Å². The summed E-state index contributed by atoms with van der Waals surface area (Å²) in [7, 11) is -2.45. The predicted molar refractivity (Wildman–Crippen MR) is 80.0 cm³/mol. The average Bonchev–Trinajstić information content (AvgIpc) is 2.88. The molecular formula is C11H18FN4O5P. The zero-order chi connectivity index (χ0) is 16.7. The Kier molecular flexibility index (Phi) is 7.36. The number of aromatic nitrogens is 3. The summed E-state index contributed by atoms with van der Waals surface area (Å²) in [6.07, 6.45) is 1.91. The van der Waals surface area contributed by atoms with Crippen LogP contribution in [0.4, 0.5) is 4.39 Å². The van der Waals surface area contributed by atoms with Gasteiger partial charge in [0.25, 0.3) is 5.56 Å². The summed E-state index contributed by atoms with van der Waals surface area (Å²) in [5.74, 6) is -1.56. The molecule has 0 saturated carbocycles. The molecule has 22 heavy (non-hydrogen) atoms. The van der Waals surface area contributed by atoms with Crippen LogP contribution in [0.5, 0.6) is 0 Å². The first kappa shape index (κ1) is 18.5. The predicted octanol–water partition coefficient (Wildman–Crippen LogP) is -0.646. The van der Waals surface area contributed by atoms with Gasteiger partial charge in [0.1, 0.15) is 5.52 Å². The Balaban J connectivity index is 0.000000239. The van der Waals surface area contributed by atoms with Gasteiger partial charge >= 0.3 is 5.69 Å². The van der Waals surface area contributed by atoms with Crippen LogP contribution in [-0.4, -0.2) is 42.4 Å². The Hall–Kier alpha value is -1.58. The number of nitrogens with one attached hydrogen (secondary N) is 3. The molecule has 1 atom stereocenters. The number of halogens is 1. The lowest BCUT2D eigenvalue weighted by Gasteiger charge is -2.06. The SMILES string of the molecule is NCc1c[nH]c2c(=O)[nH]c(=O)[nH]c12.OCCCC(F)P(O)O. The van der Waals surface area contributed by atoms with Crippen molar-refractivity contribution in [3.05, 3.63) is 32.6 Å². The minimum Gasteiger partial charge on any atom is -0.396 e. The normalized spacial score (nSPS) is 12.3. The molecule has 0 spiro atoms. The minimum absolute atomic E-state index is 0.0230. The van der Waals surface area contributed by atoms with Crippen molar-refractivity contribution in [2.24, 2.45) is 5.73 Å². The average molecular weight is 336 g/mol. The maximum Gasteiger partial charge on any atom is 0.326 e. The molecule has 124 valence electrons. The summed E-state index contributed by atoms with van der Waals surface area (Å²) < 4.78 is 12.1. The highest BCUT2D eigenvalue weighted by Crippen LogP contribution is 2.34. The number of alkyl halides is 1. The van der Waals surface area contributed by atoms with E-state index in [0.717, 1.165) is 5.56 Å². The maximum absolute atomic E-state index is 12.1. The molecule has 0 saturated heterocycles. The molecule has 0 aromatic carbocycles. The van der Waals surface area contributed by atoms with Gasteiger partial charge in [-0.1, -0.05) is 0 Å². The van der Waals surface area contributed by atoms with Gasteiger partial charge < -0.3 is 30.6 Å². The highest BCUT2D eigenvalue weighted by atomic mass is 31.2. The van der Waals surface area contributed by atoms with Crippen molar-refractivity contribution < 1.29 is 19.3 Å². The van der Waals surface area contributed by atoms with E-state index in [4.69, 9.17) is 20.6 Å². The molecule has 0 amide bonds. The first-order valence-electron chi connectivity index (χ1n) is 6.35. The van der Waals surface area contributed by atoms with E-state index in [9.17, 15) is 14.0 Å². The topological polar surface area (TPSA) is 168 Å². The Morgan fingerprint density at radius 1 is 1.27 bits per heavy atom. The molecule has 0 radical (unpaired) electrons. The fourth-order valence-corrected chi connectivity index (χ4v) is 2.05. The third-order valence-corrected chi connectivity index (χ3v) is 3.48. The van der Waals surface area contributed by atoms with Gasteiger partial charge in [0, 0.05) is 24.9 Å². The number of nitrogens with two attached hydrogens (primary N) is 1. The Labute approximate surface area is 124 Å². The van der Waals surface area contributed by atoms with Crippen molar-refractivity contribution in [3.8, 4) is 0 Å². The number of hydrogen-bond acceptors (Lipinski definition) is 6. The smallest absolute Gasteiger partial charge is 0.326 e. The number of aliphatic hydroxyl groups is 1. The molecule has 8 N–H and O–H groups in total. The maximum atomic E-state index is 12.1. The van der Waals surface area contributed by atoms with Crippen molar-refractivity contribution >= 4 is 19.4 Å². The first-order chi connectivity index (χ1) is 10.4. The summed E-state index contributed by atoms with van der Waals surface area (Å²) in [6.45, 7) is 0.170. The van der Waals surface area contributed by atoms with Crippen LogP contribution in [0, 0.1) is 0 Å². The van der Waals surface area contributed by atoms with Crippen LogP contribution in [0.15, 0.2) is 15.8 Å². The summed E-state index contributed by atoms with van der Waals surface area (Å²) in [4.78, 5) is 45.9. The van der Waals surface area contributed by atoms with Crippen molar-refractivity contribution in [2.45, 2.75) is 25.3 Å². The largest absolute Gasteiger partial charge is 0.396 e. The van der Waals surface area contributed by atoms with Gasteiger partial charge in [-0.05, 0) is 12.8 Å². The molecule has 0 fully saturated rings. The zero-order valence-corrected chi connectivity index (χ0v) is 12.4. The second-order valence-corrected chi connectivity index (χ2v) is 5.50. The Morgan fingerprint density at radius 2 is 1.95 bits per heavy atom. The Morgan fingerprint density at radius 3 is 2.50 bits per heavy atom. The highest BCUT2D eigenvalue weighted by molar-refractivity contribution is 7.45. The summed E-state index contributed by atoms with van der Waals surface area (Å²) >= 11 is 0. The number of rotatable bonds is 5. The molecule has 1 unspecified atom stereocenters. The number of aliphatic hydroxyl groups excluding tert-OH is 1. The van der Waals surface area contributed by atoms with E-state index in [1.165, 1.54) is 0 Å². The van der Waals surface area contributed by atoms with Crippen molar-refractivity contribution in [3.63, 3.8) is 0 Å².